The number of ether oxygens (including phenoxy) is 1. The summed E-state index contributed by atoms with van der Waals surface area (Å²) in [5.74, 6) is 0.679. The molecule has 0 aromatic rings. The van der Waals surface area contributed by atoms with E-state index in [1.165, 1.54) is 0 Å². The van der Waals surface area contributed by atoms with Crippen molar-refractivity contribution in [2.75, 3.05) is 6.61 Å². The molecule has 2 nitrogen and oxygen atoms in total. The molecule has 0 spiro atoms. The van der Waals surface area contributed by atoms with Crippen LogP contribution in [0.15, 0.2) is 0 Å². The number of rotatable bonds is 4. The fourth-order valence-electron chi connectivity index (χ4n) is 0.651. The Morgan fingerprint density at radius 1 is 1.60 bits per heavy atom. The Hall–Kier alpha value is -0.180. The Morgan fingerprint density at radius 2 is 2.20 bits per heavy atom. The molecule has 0 heterocycles. The SMILES string of the molecule is CC(C)CCCOC(=O)S. The Morgan fingerprint density at radius 3 is 2.60 bits per heavy atom. The smallest absolute Gasteiger partial charge is 0.364 e. The van der Waals surface area contributed by atoms with Gasteiger partial charge in [-0.3, -0.25) is 0 Å². The van der Waals surface area contributed by atoms with Crippen molar-refractivity contribution in [1.82, 2.24) is 0 Å². The number of thiol groups is 1. The van der Waals surface area contributed by atoms with E-state index in [2.05, 4.69) is 31.2 Å². The first-order valence-corrected chi connectivity index (χ1v) is 3.93. The molecule has 0 aliphatic rings. The average Bonchev–Trinajstić information content (AvgIpc) is 1.79. The number of hydrogen-bond donors (Lipinski definition) is 1. The summed E-state index contributed by atoms with van der Waals surface area (Å²) in [7, 11) is 0. The van der Waals surface area contributed by atoms with Crippen LogP contribution in [0, 0.1) is 5.92 Å². The lowest BCUT2D eigenvalue weighted by atomic mass is 10.1. The quantitative estimate of drug-likeness (QED) is 0.390. The zero-order chi connectivity index (χ0) is 7.98. The lowest BCUT2D eigenvalue weighted by molar-refractivity contribution is 0.171. The van der Waals surface area contributed by atoms with Crippen molar-refractivity contribution in [1.29, 1.82) is 0 Å². The van der Waals surface area contributed by atoms with Crippen molar-refractivity contribution in [3.05, 3.63) is 0 Å². The third-order valence-electron chi connectivity index (χ3n) is 1.15. The van der Waals surface area contributed by atoms with E-state index in [9.17, 15) is 4.79 Å². The minimum absolute atomic E-state index is 0.483. The number of hydrogen-bond acceptors (Lipinski definition) is 2. The summed E-state index contributed by atoms with van der Waals surface area (Å²) in [6, 6.07) is 0. The maximum Gasteiger partial charge on any atom is 0.364 e. The van der Waals surface area contributed by atoms with Gasteiger partial charge in [-0.25, -0.2) is 4.79 Å². The monoisotopic (exact) mass is 162 g/mol. The highest BCUT2D eigenvalue weighted by atomic mass is 32.1. The molecule has 0 saturated heterocycles. The van der Waals surface area contributed by atoms with Crippen LogP contribution in [-0.4, -0.2) is 11.9 Å². The van der Waals surface area contributed by atoms with Crippen molar-refractivity contribution in [2.45, 2.75) is 26.7 Å². The Labute approximate surface area is 67.4 Å². The van der Waals surface area contributed by atoms with Crippen LogP contribution >= 0.6 is 12.6 Å². The molecule has 0 rings (SSSR count). The molecular formula is C7H14O2S. The zero-order valence-corrected chi connectivity index (χ0v) is 7.36. The van der Waals surface area contributed by atoms with Gasteiger partial charge in [-0.05, 0) is 18.8 Å². The summed E-state index contributed by atoms with van der Waals surface area (Å²) in [5, 5.41) is -0.483. The summed E-state index contributed by atoms with van der Waals surface area (Å²) >= 11 is 3.46. The van der Waals surface area contributed by atoms with Gasteiger partial charge in [0.2, 0.25) is 0 Å². The average molecular weight is 162 g/mol. The van der Waals surface area contributed by atoms with Gasteiger partial charge in [-0.1, -0.05) is 26.5 Å². The number of carbonyl (C=O) groups excluding carboxylic acids is 1. The molecule has 10 heavy (non-hydrogen) atoms. The van der Waals surface area contributed by atoms with Crippen LogP contribution in [0.5, 0.6) is 0 Å². The van der Waals surface area contributed by atoms with E-state index in [1.807, 2.05) is 0 Å². The lowest BCUT2D eigenvalue weighted by Crippen LogP contribution is -1.98. The molecular weight excluding hydrogens is 148 g/mol. The third-order valence-corrected chi connectivity index (χ3v) is 1.28. The molecule has 0 fully saturated rings. The second-order valence-corrected chi connectivity index (χ2v) is 3.02. The third kappa shape index (κ3) is 7.82. The van der Waals surface area contributed by atoms with Gasteiger partial charge in [-0.2, -0.15) is 0 Å². The van der Waals surface area contributed by atoms with Gasteiger partial charge in [0.1, 0.15) is 0 Å². The van der Waals surface area contributed by atoms with Gasteiger partial charge >= 0.3 is 5.30 Å². The lowest BCUT2D eigenvalue weighted by Gasteiger charge is -2.03. The molecule has 3 heteroatoms. The Bertz CT molecular complexity index is 102. The normalized spacial score (nSPS) is 10.0. The minimum atomic E-state index is -0.483. The standard InChI is InChI=1S/C7H14O2S/c1-6(2)4-3-5-9-7(8)10/h6H,3-5H2,1-2H3,(H,8,10). The van der Waals surface area contributed by atoms with Crippen LogP contribution in [0.25, 0.3) is 0 Å². The topological polar surface area (TPSA) is 26.3 Å². The molecule has 0 aromatic carbocycles. The van der Waals surface area contributed by atoms with E-state index >= 15 is 0 Å². The summed E-state index contributed by atoms with van der Waals surface area (Å²) in [6.45, 7) is 4.78. The molecule has 0 bridgehead atoms. The van der Waals surface area contributed by atoms with Gasteiger partial charge in [-0.15, -0.1) is 0 Å². The van der Waals surface area contributed by atoms with E-state index in [-0.39, 0.29) is 0 Å². The van der Waals surface area contributed by atoms with Crippen LogP contribution in [0.2, 0.25) is 0 Å². The van der Waals surface area contributed by atoms with Crippen molar-refractivity contribution < 1.29 is 9.53 Å². The predicted octanol–water partition coefficient (Wildman–Crippen LogP) is 2.49. The van der Waals surface area contributed by atoms with Crippen LogP contribution < -0.4 is 0 Å². The Kier molecular flexibility index (Phi) is 5.49. The highest BCUT2D eigenvalue weighted by molar-refractivity contribution is 7.96. The summed E-state index contributed by atoms with van der Waals surface area (Å²) < 4.78 is 4.62. The molecule has 0 atom stereocenters. The summed E-state index contributed by atoms with van der Waals surface area (Å²) in [6.07, 6.45) is 2.03. The minimum Gasteiger partial charge on any atom is -0.458 e. The second kappa shape index (κ2) is 5.59. The maximum absolute atomic E-state index is 10.1. The van der Waals surface area contributed by atoms with Crippen LogP contribution in [0.4, 0.5) is 4.79 Å². The maximum atomic E-state index is 10.1. The fourth-order valence-corrected chi connectivity index (χ4v) is 0.742. The second-order valence-electron chi connectivity index (χ2n) is 2.65. The van der Waals surface area contributed by atoms with Crippen LogP contribution in [0.3, 0.4) is 0 Å². The molecule has 60 valence electrons. The molecule has 0 saturated carbocycles. The van der Waals surface area contributed by atoms with Gasteiger partial charge in [0.05, 0.1) is 6.61 Å². The fraction of sp³-hybridized carbons (Fsp3) is 0.857. The highest BCUT2D eigenvalue weighted by Crippen LogP contribution is 2.03. The summed E-state index contributed by atoms with van der Waals surface area (Å²) in [4.78, 5) is 10.1. The summed E-state index contributed by atoms with van der Waals surface area (Å²) in [5.41, 5.74) is 0. The largest absolute Gasteiger partial charge is 0.458 e. The Balaban J connectivity index is 2.98. The van der Waals surface area contributed by atoms with Gasteiger partial charge in [0.25, 0.3) is 0 Å². The van der Waals surface area contributed by atoms with Gasteiger partial charge in [0.15, 0.2) is 0 Å². The molecule has 0 radical (unpaired) electrons. The zero-order valence-electron chi connectivity index (χ0n) is 6.46. The molecule has 0 aliphatic heterocycles. The van der Waals surface area contributed by atoms with E-state index < -0.39 is 5.30 Å². The molecule has 0 unspecified atom stereocenters. The van der Waals surface area contributed by atoms with E-state index in [1.54, 1.807) is 0 Å². The van der Waals surface area contributed by atoms with Crippen molar-refractivity contribution >= 4 is 17.9 Å². The highest BCUT2D eigenvalue weighted by Gasteiger charge is 1.95. The van der Waals surface area contributed by atoms with Gasteiger partial charge in [0, 0.05) is 0 Å². The molecule has 0 amide bonds. The van der Waals surface area contributed by atoms with Crippen LogP contribution in [-0.2, 0) is 4.74 Å². The van der Waals surface area contributed by atoms with Crippen molar-refractivity contribution in [3.63, 3.8) is 0 Å². The predicted molar refractivity (Wildman–Crippen MR) is 44.4 cm³/mol. The van der Waals surface area contributed by atoms with Crippen molar-refractivity contribution in [3.8, 4) is 0 Å². The molecule has 0 aromatic heterocycles. The van der Waals surface area contributed by atoms with E-state index in [0.29, 0.717) is 12.5 Å². The number of carbonyl (C=O) groups is 1. The van der Waals surface area contributed by atoms with Crippen molar-refractivity contribution in [2.24, 2.45) is 5.92 Å². The van der Waals surface area contributed by atoms with E-state index in [0.717, 1.165) is 12.8 Å². The van der Waals surface area contributed by atoms with Crippen LogP contribution in [0.1, 0.15) is 26.7 Å². The molecule has 0 aliphatic carbocycles. The first-order chi connectivity index (χ1) is 4.63. The van der Waals surface area contributed by atoms with E-state index in [4.69, 9.17) is 0 Å². The molecule has 0 N–H and O–H groups in total. The van der Waals surface area contributed by atoms with Gasteiger partial charge < -0.3 is 4.74 Å². The first-order valence-electron chi connectivity index (χ1n) is 3.48. The first kappa shape index (κ1) is 9.82.